The first-order valence-electron chi connectivity index (χ1n) is 6.61. The van der Waals surface area contributed by atoms with Crippen LogP contribution in [0.15, 0.2) is 42.5 Å². The highest BCUT2D eigenvalue weighted by Gasteiger charge is 2.16. The van der Waals surface area contributed by atoms with Crippen LogP contribution in [0.25, 0.3) is 10.4 Å². The summed E-state index contributed by atoms with van der Waals surface area (Å²) in [6.45, 7) is 7.73. The van der Waals surface area contributed by atoms with Crippen molar-refractivity contribution in [3.05, 3.63) is 47.3 Å². The minimum atomic E-state index is 0.470. The summed E-state index contributed by atoms with van der Waals surface area (Å²) >= 11 is 1.90. The third-order valence-corrected chi connectivity index (χ3v) is 4.30. The van der Waals surface area contributed by atoms with Gasteiger partial charge in [0.25, 0.3) is 0 Å². The van der Waals surface area contributed by atoms with Gasteiger partial charge in [-0.2, -0.15) is 0 Å². The molecule has 1 aromatic heterocycles. The summed E-state index contributed by atoms with van der Waals surface area (Å²) in [6.07, 6.45) is 0. The average Bonchev–Trinajstić information content (AvgIpc) is 2.86. The lowest BCUT2D eigenvalue weighted by Gasteiger charge is -2.20. The Morgan fingerprint density at radius 3 is 2.39 bits per heavy atom. The Balaban J connectivity index is 2.24. The molecule has 0 aliphatic carbocycles. The number of thiophene rings is 1. The number of nitrogens with one attached hydrogen (secondary N) is 1. The maximum absolute atomic E-state index is 3.57. The smallest absolute Gasteiger partial charge is 0.0438 e. The molecule has 2 aromatic rings. The van der Waals surface area contributed by atoms with Crippen molar-refractivity contribution in [3.8, 4) is 10.4 Å². The highest BCUT2D eigenvalue weighted by Crippen LogP contribution is 2.33. The van der Waals surface area contributed by atoms with Crippen LogP contribution in [0.2, 0.25) is 0 Å². The molecule has 2 rings (SSSR count). The van der Waals surface area contributed by atoms with Crippen LogP contribution >= 0.6 is 11.3 Å². The van der Waals surface area contributed by atoms with Crippen LogP contribution in [0.5, 0.6) is 0 Å². The Hall–Kier alpha value is -1.12. The molecule has 2 heteroatoms. The van der Waals surface area contributed by atoms with E-state index in [-0.39, 0.29) is 0 Å². The zero-order chi connectivity index (χ0) is 13.0. The third-order valence-electron chi connectivity index (χ3n) is 3.08. The summed E-state index contributed by atoms with van der Waals surface area (Å²) in [4.78, 5) is 2.79. The molecule has 0 saturated carbocycles. The van der Waals surface area contributed by atoms with Crippen molar-refractivity contribution in [2.24, 2.45) is 5.92 Å². The molecule has 0 aliphatic heterocycles. The first-order chi connectivity index (χ1) is 8.72. The molecule has 0 radical (unpaired) electrons. The first-order valence-corrected chi connectivity index (χ1v) is 7.42. The van der Waals surface area contributed by atoms with Gasteiger partial charge in [0, 0.05) is 15.8 Å². The molecule has 0 spiro atoms. The van der Waals surface area contributed by atoms with Crippen molar-refractivity contribution in [2.45, 2.75) is 26.8 Å². The van der Waals surface area contributed by atoms with Gasteiger partial charge in [0.15, 0.2) is 0 Å². The highest BCUT2D eigenvalue weighted by molar-refractivity contribution is 7.15. The summed E-state index contributed by atoms with van der Waals surface area (Å²) in [6, 6.07) is 15.6. The van der Waals surface area contributed by atoms with Gasteiger partial charge in [-0.05, 0) is 30.2 Å². The third kappa shape index (κ3) is 3.01. The van der Waals surface area contributed by atoms with E-state index in [0.717, 1.165) is 6.54 Å². The molecular formula is C16H21NS. The van der Waals surface area contributed by atoms with Crippen molar-refractivity contribution < 1.29 is 0 Å². The van der Waals surface area contributed by atoms with Gasteiger partial charge in [0.2, 0.25) is 0 Å². The zero-order valence-corrected chi connectivity index (χ0v) is 12.1. The SMILES string of the molecule is CCNC(c1ccc(-c2ccccc2)s1)C(C)C. The summed E-state index contributed by atoms with van der Waals surface area (Å²) in [5.41, 5.74) is 1.31. The van der Waals surface area contributed by atoms with E-state index in [9.17, 15) is 0 Å². The molecule has 1 heterocycles. The molecule has 1 N–H and O–H groups in total. The molecule has 0 fully saturated rings. The summed E-state index contributed by atoms with van der Waals surface area (Å²) < 4.78 is 0. The number of hydrogen-bond donors (Lipinski definition) is 1. The zero-order valence-electron chi connectivity index (χ0n) is 11.3. The minimum Gasteiger partial charge on any atom is -0.309 e. The normalized spacial score (nSPS) is 12.9. The standard InChI is InChI=1S/C16H21NS/c1-4-17-16(12(2)3)15-11-10-14(18-15)13-8-6-5-7-9-13/h5-12,16-17H,4H2,1-3H3. The topological polar surface area (TPSA) is 12.0 Å². The van der Waals surface area contributed by atoms with Crippen molar-refractivity contribution in [1.82, 2.24) is 5.32 Å². The predicted molar refractivity (Wildman–Crippen MR) is 81.0 cm³/mol. The number of rotatable bonds is 5. The minimum absolute atomic E-state index is 0.470. The van der Waals surface area contributed by atoms with E-state index >= 15 is 0 Å². The van der Waals surface area contributed by atoms with Gasteiger partial charge in [-0.1, -0.05) is 51.1 Å². The molecule has 0 amide bonds. The monoisotopic (exact) mass is 259 g/mol. The lowest BCUT2D eigenvalue weighted by molar-refractivity contribution is 0.428. The van der Waals surface area contributed by atoms with Gasteiger partial charge in [-0.3, -0.25) is 0 Å². The first kappa shape index (κ1) is 13.3. The van der Waals surface area contributed by atoms with E-state index in [4.69, 9.17) is 0 Å². The van der Waals surface area contributed by atoms with Crippen molar-refractivity contribution in [1.29, 1.82) is 0 Å². The predicted octanol–water partition coefficient (Wildman–Crippen LogP) is 4.72. The average molecular weight is 259 g/mol. The van der Waals surface area contributed by atoms with Gasteiger partial charge in [-0.25, -0.2) is 0 Å². The van der Waals surface area contributed by atoms with E-state index in [0.29, 0.717) is 12.0 Å². The van der Waals surface area contributed by atoms with Gasteiger partial charge >= 0.3 is 0 Å². The Labute approximate surface area is 114 Å². The Morgan fingerprint density at radius 1 is 1.06 bits per heavy atom. The van der Waals surface area contributed by atoms with Gasteiger partial charge in [-0.15, -0.1) is 11.3 Å². The van der Waals surface area contributed by atoms with Crippen LogP contribution in [0.1, 0.15) is 31.7 Å². The van der Waals surface area contributed by atoms with E-state index in [1.54, 1.807) is 0 Å². The Bertz CT molecular complexity index is 473. The summed E-state index contributed by atoms with van der Waals surface area (Å²) in [7, 11) is 0. The molecule has 96 valence electrons. The molecule has 1 nitrogen and oxygen atoms in total. The Kier molecular flexibility index (Phi) is 4.56. The van der Waals surface area contributed by atoms with Gasteiger partial charge in [0.1, 0.15) is 0 Å². The van der Waals surface area contributed by atoms with Crippen molar-refractivity contribution in [3.63, 3.8) is 0 Å². The molecule has 0 aliphatic rings. The maximum atomic E-state index is 3.57. The van der Waals surface area contributed by atoms with Crippen LogP contribution in [0.4, 0.5) is 0 Å². The quantitative estimate of drug-likeness (QED) is 0.819. The molecule has 0 bridgehead atoms. The molecular weight excluding hydrogens is 238 g/mol. The van der Waals surface area contributed by atoms with E-state index in [1.165, 1.54) is 15.3 Å². The fraction of sp³-hybridized carbons (Fsp3) is 0.375. The molecule has 1 unspecified atom stereocenters. The lowest BCUT2D eigenvalue weighted by Crippen LogP contribution is -2.24. The van der Waals surface area contributed by atoms with Crippen LogP contribution in [0, 0.1) is 5.92 Å². The molecule has 0 saturated heterocycles. The molecule has 1 atom stereocenters. The fourth-order valence-electron chi connectivity index (χ4n) is 2.16. The number of hydrogen-bond acceptors (Lipinski definition) is 2. The fourth-order valence-corrected chi connectivity index (χ4v) is 3.42. The molecule has 1 aromatic carbocycles. The van der Waals surface area contributed by atoms with Crippen LogP contribution in [-0.4, -0.2) is 6.54 Å². The largest absolute Gasteiger partial charge is 0.309 e. The van der Waals surface area contributed by atoms with Crippen LogP contribution < -0.4 is 5.32 Å². The van der Waals surface area contributed by atoms with Crippen molar-refractivity contribution in [2.75, 3.05) is 6.54 Å². The maximum Gasteiger partial charge on any atom is 0.0438 e. The van der Waals surface area contributed by atoms with Gasteiger partial charge in [0.05, 0.1) is 0 Å². The lowest BCUT2D eigenvalue weighted by atomic mass is 10.0. The van der Waals surface area contributed by atoms with E-state index < -0.39 is 0 Å². The Morgan fingerprint density at radius 2 is 1.78 bits per heavy atom. The second-order valence-electron chi connectivity index (χ2n) is 4.85. The van der Waals surface area contributed by atoms with Crippen molar-refractivity contribution >= 4 is 11.3 Å². The highest BCUT2D eigenvalue weighted by atomic mass is 32.1. The van der Waals surface area contributed by atoms with Gasteiger partial charge < -0.3 is 5.32 Å². The second-order valence-corrected chi connectivity index (χ2v) is 5.96. The number of benzene rings is 1. The summed E-state index contributed by atoms with van der Waals surface area (Å²) in [5, 5.41) is 3.57. The molecule has 18 heavy (non-hydrogen) atoms. The van der Waals surface area contributed by atoms with Crippen LogP contribution in [-0.2, 0) is 0 Å². The van der Waals surface area contributed by atoms with E-state index in [2.05, 4.69) is 68.6 Å². The summed E-state index contributed by atoms with van der Waals surface area (Å²) in [5.74, 6) is 0.618. The second kappa shape index (κ2) is 6.17. The van der Waals surface area contributed by atoms with Crippen LogP contribution in [0.3, 0.4) is 0 Å². The van der Waals surface area contributed by atoms with E-state index in [1.807, 2.05) is 11.3 Å².